The van der Waals surface area contributed by atoms with Crippen LogP contribution in [0.1, 0.15) is 20.8 Å². The van der Waals surface area contributed by atoms with Gasteiger partial charge in [-0.25, -0.2) is 0 Å². The highest BCUT2D eigenvalue weighted by molar-refractivity contribution is 8.00. The molecule has 1 saturated heterocycles. The number of nitrogens with one attached hydrogen (secondary N) is 2. The lowest BCUT2D eigenvalue weighted by Gasteiger charge is -2.21. The monoisotopic (exact) mass is 273 g/mol. The molecule has 0 aromatic rings. The normalized spacial score (nSPS) is 15.7. The maximum absolute atomic E-state index is 11.5. The highest BCUT2D eigenvalue weighted by Crippen LogP contribution is 2.13. The lowest BCUT2D eigenvalue weighted by atomic mass is 10.1. The molecule has 0 spiro atoms. The van der Waals surface area contributed by atoms with Crippen LogP contribution in [-0.4, -0.2) is 52.9 Å². The fourth-order valence-electron chi connectivity index (χ4n) is 1.41. The summed E-state index contributed by atoms with van der Waals surface area (Å²) < 4.78 is 0. The third-order valence-electron chi connectivity index (χ3n) is 2.12. The minimum absolute atomic E-state index is 0.0225. The van der Waals surface area contributed by atoms with E-state index in [1.165, 1.54) is 16.7 Å². The molecular formula is C11H19N3O3S. The van der Waals surface area contributed by atoms with Gasteiger partial charge in [-0.15, -0.1) is 11.8 Å². The first-order valence-electron chi connectivity index (χ1n) is 5.71. The van der Waals surface area contributed by atoms with E-state index in [0.717, 1.165) is 0 Å². The van der Waals surface area contributed by atoms with Crippen LogP contribution >= 0.6 is 11.8 Å². The minimum atomic E-state index is -0.316. The van der Waals surface area contributed by atoms with Crippen molar-refractivity contribution in [1.29, 1.82) is 0 Å². The first-order valence-corrected chi connectivity index (χ1v) is 6.86. The van der Waals surface area contributed by atoms with Gasteiger partial charge in [0.1, 0.15) is 6.54 Å². The first-order chi connectivity index (χ1) is 8.28. The van der Waals surface area contributed by atoms with E-state index in [4.69, 9.17) is 0 Å². The number of hydrogen-bond donors (Lipinski definition) is 2. The van der Waals surface area contributed by atoms with E-state index in [-0.39, 0.29) is 36.3 Å². The summed E-state index contributed by atoms with van der Waals surface area (Å²) in [5.74, 6) is 0.389. The molecule has 6 nitrogen and oxygen atoms in total. The Morgan fingerprint density at radius 1 is 1.33 bits per heavy atom. The Bertz CT molecular complexity index is 352. The fourth-order valence-corrected chi connectivity index (χ4v) is 2.31. The molecule has 18 heavy (non-hydrogen) atoms. The van der Waals surface area contributed by atoms with E-state index in [1.54, 1.807) is 0 Å². The second-order valence-corrected chi connectivity index (χ2v) is 6.10. The van der Waals surface area contributed by atoms with Crippen molar-refractivity contribution >= 4 is 29.5 Å². The maximum atomic E-state index is 11.5. The number of amides is 3. The van der Waals surface area contributed by atoms with Crippen LogP contribution in [0.15, 0.2) is 0 Å². The lowest BCUT2D eigenvalue weighted by molar-refractivity contribution is -0.133. The summed E-state index contributed by atoms with van der Waals surface area (Å²) in [7, 11) is 0. The molecule has 0 aromatic carbocycles. The molecule has 1 aliphatic rings. The summed E-state index contributed by atoms with van der Waals surface area (Å²) in [5, 5.41) is 5.24. The Morgan fingerprint density at radius 2 is 2.00 bits per heavy atom. The number of rotatable bonds is 4. The van der Waals surface area contributed by atoms with Crippen molar-refractivity contribution < 1.29 is 14.4 Å². The molecule has 1 rings (SSSR count). The summed E-state index contributed by atoms with van der Waals surface area (Å²) in [6.45, 7) is 5.56. The number of carbonyl (C=O) groups is 3. The minimum Gasteiger partial charge on any atom is -0.350 e. The molecule has 1 heterocycles. The van der Waals surface area contributed by atoms with Gasteiger partial charge in [-0.1, -0.05) is 0 Å². The molecule has 0 radical (unpaired) electrons. The highest BCUT2D eigenvalue weighted by Gasteiger charge is 2.23. The maximum Gasteiger partial charge on any atom is 0.240 e. The molecule has 7 heteroatoms. The van der Waals surface area contributed by atoms with Crippen molar-refractivity contribution in [3.05, 3.63) is 0 Å². The van der Waals surface area contributed by atoms with E-state index < -0.39 is 0 Å². The van der Waals surface area contributed by atoms with Gasteiger partial charge in [0.05, 0.1) is 18.2 Å². The average Bonchev–Trinajstić information content (AvgIpc) is 2.59. The van der Waals surface area contributed by atoms with Crippen molar-refractivity contribution in [2.75, 3.05) is 24.7 Å². The summed E-state index contributed by atoms with van der Waals surface area (Å²) in [6.07, 6.45) is 0. The molecule has 102 valence electrons. The average molecular weight is 273 g/mol. The highest BCUT2D eigenvalue weighted by atomic mass is 32.2. The summed E-state index contributed by atoms with van der Waals surface area (Å²) in [6, 6.07) is 0. The van der Waals surface area contributed by atoms with Crippen LogP contribution in [0, 0.1) is 0 Å². The standard InChI is InChI=1S/C11H19N3O3S/c1-11(2,3)13-8(15)4-12-9(16)5-14-7-18-6-10(14)17/h4-7H2,1-3H3,(H,12,16)(H,13,15). The fraction of sp³-hybridized carbons (Fsp3) is 0.727. The van der Waals surface area contributed by atoms with Gasteiger partial charge in [0.2, 0.25) is 17.7 Å². The molecule has 0 bridgehead atoms. The van der Waals surface area contributed by atoms with Crippen molar-refractivity contribution in [3.8, 4) is 0 Å². The Hall–Kier alpha value is -1.24. The van der Waals surface area contributed by atoms with Crippen LogP contribution in [0.25, 0.3) is 0 Å². The number of hydrogen-bond acceptors (Lipinski definition) is 4. The molecule has 1 aliphatic heterocycles. The first kappa shape index (κ1) is 14.8. The van der Waals surface area contributed by atoms with Crippen LogP contribution in [0.3, 0.4) is 0 Å². The Kier molecular flexibility index (Phi) is 5.01. The second-order valence-electron chi connectivity index (χ2n) is 5.14. The van der Waals surface area contributed by atoms with Gasteiger partial charge in [0, 0.05) is 5.54 Å². The predicted octanol–water partition coefficient (Wildman–Crippen LogP) is -0.450. The van der Waals surface area contributed by atoms with Gasteiger partial charge in [-0.3, -0.25) is 14.4 Å². The Morgan fingerprint density at radius 3 is 2.50 bits per heavy atom. The molecule has 0 unspecified atom stereocenters. The van der Waals surface area contributed by atoms with E-state index in [1.807, 2.05) is 20.8 Å². The van der Waals surface area contributed by atoms with E-state index in [9.17, 15) is 14.4 Å². The van der Waals surface area contributed by atoms with Crippen molar-refractivity contribution in [2.24, 2.45) is 0 Å². The van der Waals surface area contributed by atoms with Gasteiger partial charge < -0.3 is 15.5 Å². The van der Waals surface area contributed by atoms with Crippen molar-refractivity contribution in [3.63, 3.8) is 0 Å². The van der Waals surface area contributed by atoms with Crippen LogP contribution < -0.4 is 10.6 Å². The summed E-state index contributed by atoms with van der Waals surface area (Å²) in [5.41, 5.74) is -0.316. The van der Waals surface area contributed by atoms with Crippen LogP contribution in [0.5, 0.6) is 0 Å². The molecule has 1 fully saturated rings. The third-order valence-corrected chi connectivity index (χ3v) is 3.07. The molecule has 0 aliphatic carbocycles. The van der Waals surface area contributed by atoms with Gasteiger partial charge in [0.25, 0.3) is 0 Å². The topological polar surface area (TPSA) is 78.5 Å². The van der Waals surface area contributed by atoms with Gasteiger partial charge in [-0.05, 0) is 20.8 Å². The number of carbonyl (C=O) groups excluding carboxylic acids is 3. The SMILES string of the molecule is CC(C)(C)NC(=O)CNC(=O)CN1CSCC1=O. The van der Waals surface area contributed by atoms with Crippen molar-refractivity contribution in [2.45, 2.75) is 26.3 Å². The van der Waals surface area contributed by atoms with Crippen LogP contribution in [-0.2, 0) is 14.4 Å². The lowest BCUT2D eigenvalue weighted by Crippen LogP contribution is -2.47. The molecule has 0 atom stereocenters. The number of nitrogens with zero attached hydrogens (tertiary/aromatic N) is 1. The summed E-state index contributed by atoms with van der Waals surface area (Å²) >= 11 is 1.48. The quantitative estimate of drug-likeness (QED) is 0.727. The number of thioether (sulfide) groups is 1. The Balaban J connectivity index is 2.25. The largest absolute Gasteiger partial charge is 0.350 e. The molecular weight excluding hydrogens is 254 g/mol. The molecule has 0 saturated carbocycles. The third kappa shape index (κ3) is 5.39. The Labute approximate surface area is 111 Å². The van der Waals surface area contributed by atoms with E-state index >= 15 is 0 Å². The second kappa shape index (κ2) is 6.08. The zero-order valence-corrected chi connectivity index (χ0v) is 11.7. The van der Waals surface area contributed by atoms with Gasteiger partial charge in [0.15, 0.2) is 0 Å². The summed E-state index contributed by atoms with van der Waals surface area (Å²) in [4.78, 5) is 35.7. The predicted molar refractivity (Wildman–Crippen MR) is 69.9 cm³/mol. The smallest absolute Gasteiger partial charge is 0.240 e. The zero-order valence-electron chi connectivity index (χ0n) is 10.9. The zero-order chi connectivity index (χ0) is 13.8. The van der Waals surface area contributed by atoms with Gasteiger partial charge in [-0.2, -0.15) is 0 Å². The molecule has 0 aromatic heterocycles. The van der Waals surface area contributed by atoms with Crippen LogP contribution in [0.4, 0.5) is 0 Å². The van der Waals surface area contributed by atoms with E-state index in [0.29, 0.717) is 11.6 Å². The van der Waals surface area contributed by atoms with E-state index in [2.05, 4.69) is 10.6 Å². The van der Waals surface area contributed by atoms with Crippen molar-refractivity contribution in [1.82, 2.24) is 15.5 Å². The molecule has 2 N–H and O–H groups in total. The van der Waals surface area contributed by atoms with Gasteiger partial charge >= 0.3 is 0 Å². The van der Waals surface area contributed by atoms with Crippen LogP contribution in [0.2, 0.25) is 0 Å². The molecule has 3 amide bonds.